The van der Waals surface area contributed by atoms with Crippen molar-refractivity contribution in [3.63, 3.8) is 0 Å². The molecule has 0 atom stereocenters. The van der Waals surface area contributed by atoms with Gasteiger partial charge in [-0.2, -0.15) is 0 Å². The molecule has 27 heavy (non-hydrogen) atoms. The third kappa shape index (κ3) is 5.35. The number of carbonyl (C=O) groups excluding carboxylic acids is 2. The number of hydrogen-bond acceptors (Lipinski definition) is 5. The highest BCUT2D eigenvalue weighted by molar-refractivity contribution is 6.03. The van der Waals surface area contributed by atoms with Crippen molar-refractivity contribution in [2.24, 2.45) is 0 Å². The van der Waals surface area contributed by atoms with Gasteiger partial charge in [-0.25, -0.2) is 0 Å². The topological polar surface area (TPSA) is 88.7 Å². The van der Waals surface area contributed by atoms with E-state index in [4.69, 9.17) is 9.47 Å². The van der Waals surface area contributed by atoms with E-state index in [1.54, 1.807) is 31.3 Å². The lowest BCUT2D eigenvalue weighted by Gasteiger charge is -2.12. The largest absolute Gasteiger partial charge is 0.454 e. The zero-order valence-corrected chi connectivity index (χ0v) is 15.7. The molecule has 3 rings (SSSR count). The smallest absolute Gasteiger partial charge is 0.253 e. The molecule has 2 aromatic rings. The van der Waals surface area contributed by atoms with Gasteiger partial charge in [-0.1, -0.05) is 18.2 Å². The fourth-order valence-corrected chi connectivity index (χ4v) is 2.57. The number of para-hydroxylation sites is 1. The summed E-state index contributed by atoms with van der Waals surface area (Å²) in [4.78, 5) is 24.5. The fraction of sp³-hybridized carbons (Fsp3) is 0.263. The van der Waals surface area contributed by atoms with Gasteiger partial charge in [-0.15, -0.1) is 12.4 Å². The molecule has 0 spiro atoms. The highest BCUT2D eigenvalue weighted by atomic mass is 35.5. The molecular weight excluding hydrogens is 370 g/mol. The van der Waals surface area contributed by atoms with Crippen molar-refractivity contribution in [3.8, 4) is 11.5 Å². The van der Waals surface area contributed by atoms with E-state index in [0.29, 0.717) is 42.3 Å². The maximum Gasteiger partial charge on any atom is 0.253 e. The first-order valence-corrected chi connectivity index (χ1v) is 8.37. The van der Waals surface area contributed by atoms with E-state index in [-0.39, 0.29) is 31.0 Å². The number of fused-ring (bicyclic) bond motifs is 1. The van der Waals surface area contributed by atoms with Crippen LogP contribution in [0, 0.1) is 0 Å². The van der Waals surface area contributed by atoms with E-state index in [2.05, 4.69) is 16.0 Å². The molecular formula is C19H22ClN3O4. The number of halogens is 1. The molecule has 0 bridgehead atoms. The average molecular weight is 392 g/mol. The predicted octanol–water partition coefficient (Wildman–Crippen LogP) is 2.32. The van der Waals surface area contributed by atoms with E-state index in [9.17, 15) is 9.59 Å². The Balaban J connectivity index is 0.00000261. The Morgan fingerprint density at radius 2 is 1.85 bits per heavy atom. The Kier molecular flexibility index (Phi) is 7.45. The van der Waals surface area contributed by atoms with Gasteiger partial charge in [0.25, 0.3) is 5.91 Å². The summed E-state index contributed by atoms with van der Waals surface area (Å²) < 4.78 is 10.6. The second kappa shape index (κ2) is 9.80. The van der Waals surface area contributed by atoms with Crippen LogP contribution in [-0.4, -0.2) is 32.2 Å². The van der Waals surface area contributed by atoms with E-state index >= 15 is 0 Å². The summed E-state index contributed by atoms with van der Waals surface area (Å²) in [6.07, 6.45) is 0.337. The Labute approximate surface area is 163 Å². The van der Waals surface area contributed by atoms with Crippen LogP contribution in [0.2, 0.25) is 0 Å². The van der Waals surface area contributed by atoms with Gasteiger partial charge >= 0.3 is 0 Å². The molecule has 0 aliphatic carbocycles. The van der Waals surface area contributed by atoms with Crippen molar-refractivity contribution >= 4 is 29.9 Å². The fourth-order valence-electron chi connectivity index (χ4n) is 2.57. The molecule has 1 aliphatic heterocycles. The summed E-state index contributed by atoms with van der Waals surface area (Å²) in [5, 5.41) is 8.57. The lowest BCUT2D eigenvalue weighted by Crippen LogP contribution is -2.25. The van der Waals surface area contributed by atoms with Crippen LogP contribution in [0.4, 0.5) is 5.69 Å². The number of rotatable bonds is 7. The summed E-state index contributed by atoms with van der Waals surface area (Å²) in [7, 11) is 1.78. The molecule has 0 fully saturated rings. The first kappa shape index (κ1) is 20.5. The van der Waals surface area contributed by atoms with Crippen LogP contribution in [0.15, 0.2) is 42.5 Å². The van der Waals surface area contributed by atoms with Gasteiger partial charge in [-0.3, -0.25) is 9.59 Å². The molecule has 7 nitrogen and oxygen atoms in total. The van der Waals surface area contributed by atoms with E-state index < -0.39 is 0 Å². The summed E-state index contributed by atoms with van der Waals surface area (Å²) >= 11 is 0. The van der Waals surface area contributed by atoms with Crippen LogP contribution in [0.25, 0.3) is 0 Å². The van der Waals surface area contributed by atoms with Gasteiger partial charge < -0.3 is 25.4 Å². The number of benzene rings is 2. The van der Waals surface area contributed by atoms with Crippen molar-refractivity contribution in [1.29, 1.82) is 0 Å². The van der Waals surface area contributed by atoms with Crippen molar-refractivity contribution in [3.05, 3.63) is 53.6 Å². The Morgan fingerprint density at radius 1 is 1.07 bits per heavy atom. The van der Waals surface area contributed by atoms with E-state index in [1.807, 2.05) is 18.2 Å². The minimum absolute atomic E-state index is 0. The zero-order valence-electron chi connectivity index (χ0n) is 14.9. The first-order chi connectivity index (χ1) is 12.7. The quantitative estimate of drug-likeness (QED) is 0.674. The molecule has 0 unspecified atom stereocenters. The summed E-state index contributed by atoms with van der Waals surface area (Å²) in [5.41, 5.74) is 1.82. The maximum atomic E-state index is 12.5. The van der Waals surface area contributed by atoms with Crippen LogP contribution in [-0.2, 0) is 11.3 Å². The second-order valence-corrected chi connectivity index (χ2v) is 5.82. The Morgan fingerprint density at radius 3 is 2.67 bits per heavy atom. The van der Waals surface area contributed by atoms with Crippen LogP contribution in [0.3, 0.4) is 0 Å². The highest BCUT2D eigenvalue weighted by Gasteiger charge is 2.15. The predicted molar refractivity (Wildman–Crippen MR) is 105 cm³/mol. The van der Waals surface area contributed by atoms with Gasteiger partial charge in [0.15, 0.2) is 11.5 Å². The molecule has 144 valence electrons. The number of nitrogens with one attached hydrogen (secondary N) is 3. The second-order valence-electron chi connectivity index (χ2n) is 5.82. The van der Waals surface area contributed by atoms with Crippen molar-refractivity contribution in [1.82, 2.24) is 10.6 Å². The minimum Gasteiger partial charge on any atom is -0.454 e. The zero-order chi connectivity index (χ0) is 18.4. The monoisotopic (exact) mass is 391 g/mol. The van der Waals surface area contributed by atoms with Gasteiger partial charge in [-0.05, 0) is 36.9 Å². The lowest BCUT2D eigenvalue weighted by molar-refractivity contribution is -0.116. The van der Waals surface area contributed by atoms with Crippen molar-refractivity contribution in [2.45, 2.75) is 13.0 Å². The number of ether oxygens (including phenoxy) is 2. The maximum absolute atomic E-state index is 12.5. The third-order valence-electron chi connectivity index (χ3n) is 3.94. The summed E-state index contributed by atoms with van der Waals surface area (Å²) in [6, 6.07) is 12.5. The van der Waals surface area contributed by atoms with Crippen molar-refractivity contribution < 1.29 is 19.1 Å². The van der Waals surface area contributed by atoms with Crippen LogP contribution in [0.5, 0.6) is 11.5 Å². The highest BCUT2D eigenvalue weighted by Crippen LogP contribution is 2.32. The molecule has 8 heteroatoms. The average Bonchev–Trinajstić information content (AvgIpc) is 3.12. The van der Waals surface area contributed by atoms with Crippen LogP contribution in [0.1, 0.15) is 22.3 Å². The van der Waals surface area contributed by atoms with E-state index in [0.717, 1.165) is 5.56 Å². The molecule has 2 aromatic carbocycles. The first-order valence-electron chi connectivity index (χ1n) is 8.37. The van der Waals surface area contributed by atoms with Crippen molar-refractivity contribution in [2.75, 3.05) is 25.7 Å². The van der Waals surface area contributed by atoms with Gasteiger partial charge in [0, 0.05) is 19.5 Å². The third-order valence-corrected chi connectivity index (χ3v) is 3.94. The molecule has 0 radical (unpaired) electrons. The number of amides is 2. The summed E-state index contributed by atoms with van der Waals surface area (Å²) in [6.45, 7) is 1.13. The number of carbonyl (C=O) groups is 2. The number of hydrogen-bond donors (Lipinski definition) is 3. The Bertz CT molecular complexity index is 813. The van der Waals surface area contributed by atoms with Gasteiger partial charge in [0.2, 0.25) is 12.7 Å². The van der Waals surface area contributed by atoms with Crippen LogP contribution >= 0.6 is 12.4 Å². The molecule has 3 N–H and O–H groups in total. The van der Waals surface area contributed by atoms with Gasteiger partial charge in [0.05, 0.1) is 11.3 Å². The Hall–Kier alpha value is -2.77. The summed E-state index contributed by atoms with van der Waals surface area (Å²) in [5.74, 6) is 0.978. The minimum atomic E-state index is -0.257. The number of anilines is 1. The molecule has 1 aliphatic rings. The lowest BCUT2D eigenvalue weighted by atomic mass is 10.1. The molecule has 2 amide bonds. The normalized spacial score (nSPS) is 11.4. The molecule has 0 saturated carbocycles. The molecule has 0 saturated heterocycles. The van der Waals surface area contributed by atoms with E-state index in [1.165, 1.54) is 0 Å². The standard InChI is InChI=1S/C19H21N3O4.ClH/c1-20-9-8-18(23)22-15-5-3-2-4-14(15)19(24)21-11-13-6-7-16-17(10-13)26-12-25-16;/h2-7,10,20H,8-9,11-12H2,1H3,(H,21,24)(H,22,23);1H. The molecule has 1 heterocycles. The van der Waals surface area contributed by atoms with Crippen LogP contribution < -0.4 is 25.4 Å². The molecule has 0 aromatic heterocycles. The SMILES string of the molecule is CNCCC(=O)Nc1ccccc1C(=O)NCc1ccc2c(c1)OCO2.Cl. The van der Waals surface area contributed by atoms with Gasteiger partial charge in [0.1, 0.15) is 0 Å².